The van der Waals surface area contributed by atoms with Crippen molar-refractivity contribution in [2.45, 2.75) is 58.0 Å². The van der Waals surface area contributed by atoms with Crippen LogP contribution in [0.25, 0.3) is 0 Å². The highest BCUT2D eigenvalue weighted by molar-refractivity contribution is 5.90. The number of nitrogens with two attached hydrogens (primary N) is 1. The average Bonchev–Trinajstić information content (AvgIpc) is 2.60. The number of rotatable bonds is 3. The zero-order chi connectivity index (χ0) is 13.3. The second-order valence-electron chi connectivity index (χ2n) is 5.97. The van der Waals surface area contributed by atoms with Crippen LogP contribution in [0.5, 0.6) is 0 Å². The van der Waals surface area contributed by atoms with E-state index < -0.39 is 23.0 Å². The van der Waals surface area contributed by atoms with Crippen LogP contribution in [-0.2, 0) is 9.59 Å². The summed E-state index contributed by atoms with van der Waals surface area (Å²) in [5.74, 6) is -1.36. The second-order valence-corrected chi connectivity index (χ2v) is 5.97. The molecule has 1 aliphatic carbocycles. The van der Waals surface area contributed by atoms with E-state index in [2.05, 4.69) is 5.32 Å². The van der Waals surface area contributed by atoms with Crippen molar-refractivity contribution in [1.82, 2.24) is 5.32 Å². The molecule has 1 atom stereocenters. The minimum atomic E-state index is -1.02. The van der Waals surface area contributed by atoms with Crippen LogP contribution in [0.4, 0.5) is 0 Å². The van der Waals surface area contributed by atoms with Crippen molar-refractivity contribution >= 4 is 11.9 Å². The summed E-state index contributed by atoms with van der Waals surface area (Å²) in [6, 6.07) is -0.906. The molecule has 5 nitrogen and oxygen atoms in total. The van der Waals surface area contributed by atoms with Crippen LogP contribution < -0.4 is 11.1 Å². The van der Waals surface area contributed by atoms with Crippen molar-refractivity contribution in [3.05, 3.63) is 0 Å². The molecule has 0 spiro atoms. The lowest BCUT2D eigenvalue weighted by Crippen LogP contribution is -2.58. The molecule has 1 amide bonds. The zero-order valence-electron chi connectivity index (χ0n) is 10.7. The maximum absolute atomic E-state index is 12.0. The molecule has 0 saturated heterocycles. The van der Waals surface area contributed by atoms with Gasteiger partial charge in [-0.05, 0) is 18.3 Å². The van der Waals surface area contributed by atoms with Crippen LogP contribution in [0.3, 0.4) is 0 Å². The highest BCUT2D eigenvalue weighted by atomic mass is 16.4. The van der Waals surface area contributed by atoms with E-state index in [9.17, 15) is 9.59 Å². The molecule has 0 heterocycles. The molecule has 0 aromatic rings. The highest BCUT2D eigenvalue weighted by Crippen LogP contribution is 2.28. The van der Waals surface area contributed by atoms with E-state index in [-0.39, 0.29) is 5.91 Å². The summed E-state index contributed by atoms with van der Waals surface area (Å²) >= 11 is 0. The first-order chi connectivity index (χ1) is 7.67. The number of aliphatic carboxylic acids is 1. The van der Waals surface area contributed by atoms with Gasteiger partial charge in [-0.15, -0.1) is 0 Å². The Bertz CT molecular complexity index is 314. The van der Waals surface area contributed by atoms with Gasteiger partial charge in [0.25, 0.3) is 0 Å². The standard InChI is InChI=1S/C12H22N2O3/c1-11(2,3)8(9(15)16)14-10(17)12(13)6-4-5-7-12/h8H,4-7,13H2,1-3H3,(H,14,17)(H,15,16)/t8-/m1/s1. The van der Waals surface area contributed by atoms with Crippen LogP contribution in [0.2, 0.25) is 0 Å². The molecule has 0 radical (unpaired) electrons. The molecule has 0 aromatic carbocycles. The van der Waals surface area contributed by atoms with Crippen molar-refractivity contribution < 1.29 is 14.7 Å². The van der Waals surface area contributed by atoms with Gasteiger partial charge in [0.1, 0.15) is 6.04 Å². The minimum absolute atomic E-state index is 0.336. The number of hydrogen-bond acceptors (Lipinski definition) is 3. The maximum atomic E-state index is 12.0. The Morgan fingerprint density at radius 3 is 2.12 bits per heavy atom. The monoisotopic (exact) mass is 242 g/mol. The van der Waals surface area contributed by atoms with E-state index in [1.54, 1.807) is 20.8 Å². The van der Waals surface area contributed by atoms with E-state index in [0.29, 0.717) is 12.8 Å². The van der Waals surface area contributed by atoms with Crippen molar-refractivity contribution in [2.24, 2.45) is 11.1 Å². The number of carboxylic acids is 1. The first-order valence-corrected chi connectivity index (χ1v) is 5.99. The molecule has 17 heavy (non-hydrogen) atoms. The van der Waals surface area contributed by atoms with Gasteiger partial charge in [0.05, 0.1) is 5.54 Å². The van der Waals surface area contributed by atoms with Gasteiger partial charge < -0.3 is 16.2 Å². The van der Waals surface area contributed by atoms with Gasteiger partial charge >= 0.3 is 5.97 Å². The second kappa shape index (κ2) is 4.64. The van der Waals surface area contributed by atoms with E-state index in [4.69, 9.17) is 10.8 Å². The average molecular weight is 242 g/mol. The summed E-state index contributed by atoms with van der Waals surface area (Å²) in [6.45, 7) is 5.34. The predicted octanol–water partition coefficient (Wildman–Crippen LogP) is 0.873. The first-order valence-electron chi connectivity index (χ1n) is 5.99. The molecule has 5 heteroatoms. The summed E-state index contributed by atoms with van der Waals surface area (Å²) in [5, 5.41) is 11.7. The SMILES string of the molecule is CC(C)(C)[C@H](NC(=O)C1(N)CCCC1)C(=O)O. The number of carboxylic acid groups (broad SMARTS) is 1. The smallest absolute Gasteiger partial charge is 0.326 e. The Kier molecular flexibility index (Phi) is 3.81. The Morgan fingerprint density at radius 1 is 1.29 bits per heavy atom. The molecular weight excluding hydrogens is 220 g/mol. The number of hydrogen-bond donors (Lipinski definition) is 3. The van der Waals surface area contributed by atoms with Crippen molar-refractivity contribution in [3.8, 4) is 0 Å². The van der Waals surface area contributed by atoms with Crippen LogP contribution >= 0.6 is 0 Å². The molecule has 1 aliphatic rings. The molecule has 0 aromatic heterocycles. The fraction of sp³-hybridized carbons (Fsp3) is 0.833. The third kappa shape index (κ3) is 3.19. The highest BCUT2D eigenvalue weighted by Gasteiger charge is 2.41. The molecule has 4 N–H and O–H groups in total. The summed E-state index contributed by atoms with van der Waals surface area (Å²) in [5.41, 5.74) is 4.58. The third-order valence-electron chi connectivity index (χ3n) is 3.34. The lowest BCUT2D eigenvalue weighted by molar-refractivity contribution is -0.145. The molecule has 1 rings (SSSR count). The Labute approximate surface area is 102 Å². The maximum Gasteiger partial charge on any atom is 0.326 e. The fourth-order valence-corrected chi connectivity index (χ4v) is 2.16. The van der Waals surface area contributed by atoms with E-state index in [1.165, 1.54) is 0 Å². The lowest BCUT2D eigenvalue weighted by Gasteiger charge is -2.31. The van der Waals surface area contributed by atoms with Gasteiger partial charge in [-0.1, -0.05) is 33.6 Å². The molecule has 1 saturated carbocycles. The summed E-state index contributed by atoms with van der Waals surface area (Å²) in [7, 11) is 0. The molecule has 0 aliphatic heterocycles. The van der Waals surface area contributed by atoms with E-state index >= 15 is 0 Å². The van der Waals surface area contributed by atoms with Gasteiger partial charge in [-0.3, -0.25) is 4.79 Å². The zero-order valence-corrected chi connectivity index (χ0v) is 10.7. The number of amides is 1. The normalized spacial score (nSPS) is 20.9. The van der Waals surface area contributed by atoms with Gasteiger partial charge in [0, 0.05) is 0 Å². The largest absolute Gasteiger partial charge is 0.480 e. The van der Waals surface area contributed by atoms with Gasteiger partial charge in [-0.2, -0.15) is 0 Å². The number of carbonyl (C=O) groups is 2. The number of nitrogens with one attached hydrogen (secondary N) is 1. The molecular formula is C12H22N2O3. The van der Waals surface area contributed by atoms with Crippen LogP contribution in [0.15, 0.2) is 0 Å². The van der Waals surface area contributed by atoms with Gasteiger partial charge in [0.15, 0.2) is 0 Å². The summed E-state index contributed by atoms with van der Waals surface area (Å²) in [6.07, 6.45) is 3.12. The predicted molar refractivity (Wildman–Crippen MR) is 64.4 cm³/mol. The van der Waals surface area contributed by atoms with Crippen LogP contribution in [0, 0.1) is 5.41 Å². The summed E-state index contributed by atoms with van der Waals surface area (Å²) < 4.78 is 0. The Morgan fingerprint density at radius 2 is 1.76 bits per heavy atom. The Balaban J connectivity index is 2.75. The molecule has 0 bridgehead atoms. The topological polar surface area (TPSA) is 92.4 Å². The molecule has 0 unspecified atom stereocenters. The van der Waals surface area contributed by atoms with Crippen LogP contribution in [0.1, 0.15) is 46.5 Å². The van der Waals surface area contributed by atoms with E-state index in [0.717, 1.165) is 12.8 Å². The minimum Gasteiger partial charge on any atom is -0.480 e. The molecule has 98 valence electrons. The lowest BCUT2D eigenvalue weighted by atomic mass is 9.85. The summed E-state index contributed by atoms with van der Waals surface area (Å²) in [4.78, 5) is 23.2. The van der Waals surface area contributed by atoms with Crippen LogP contribution in [-0.4, -0.2) is 28.6 Å². The van der Waals surface area contributed by atoms with Crippen molar-refractivity contribution in [1.29, 1.82) is 0 Å². The van der Waals surface area contributed by atoms with Crippen molar-refractivity contribution in [2.75, 3.05) is 0 Å². The first kappa shape index (κ1) is 14.0. The quantitative estimate of drug-likeness (QED) is 0.684. The van der Waals surface area contributed by atoms with Gasteiger partial charge in [0.2, 0.25) is 5.91 Å². The molecule has 1 fully saturated rings. The van der Waals surface area contributed by atoms with Gasteiger partial charge in [-0.25, -0.2) is 4.79 Å². The van der Waals surface area contributed by atoms with E-state index in [1.807, 2.05) is 0 Å². The Hall–Kier alpha value is -1.10. The number of carbonyl (C=O) groups excluding carboxylic acids is 1. The fourth-order valence-electron chi connectivity index (χ4n) is 2.16. The van der Waals surface area contributed by atoms with Crippen molar-refractivity contribution in [3.63, 3.8) is 0 Å². The third-order valence-corrected chi connectivity index (χ3v) is 3.34.